The Balaban J connectivity index is 1.44. The fraction of sp³-hybridized carbons (Fsp3) is 0.458. The Morgan fingerprint density at radius 2 is 1.88 bits per heavy atom. The normalized spacial score (nSPS) is 21.3. The first-order chi connectivity index (χ1) is 15.5. The number of ether oxygens (including phenoxy) is 2. The van der Waals surface area contributed by atoms with E-state index >= 15 is 0 Å². The first-order valence-corrected chi connectivity index (χ1v) is 11.9. The number of aromatic nitrogens is 2. The smallest absolute Gasteiger partial charge is 0.257 e. The minimum absolute atomic E-state index is 0.0394. The van der Waals surface area contributed by atoms with Gasteiger partial charge in [-0.3, -0.25) is 9.78 Å². The molecule has 8 heteroatoms. The lowest BCUT2D eigenvalue weighted by Gasteiger charge is -2.35. The van der Waals surface area contributed by atoms with Crippen molar-refractivity contribution in [2.24, 2.45) is 0 Å². The third-order valence-electron chi connectivity index (χ3n) is 6.17. The molecule has 0 N–H and O–H groups in total. The highest BCUT2D eigenvalue weighted by atomic mass is 32.1. The molecule has 2 fully saturated rings. The molecule has 2 aliphatic rings. The molecule has 0 saturated carbocycles. The number of likely N-dealkylation sites (tertiary alicyclic amines) is 1. The van der Waals surface area contributed by atoms with Crippen LogP contribution in [0, 0.1) is 0 Å². The van der Waals surface area contributed by atoms with Gasteiger partial charge in [0, 0.05) is 37.9 Å². The molecule has 7 nitrogen and oxygen atoms in total. The number of hydrogen-bond acceptors (Lipinski definition) is 7. The van der Waals surface area contributed by atoms with Crippen molar-refractivity contribution in [3.05, 3.63) is 36.0 Å². The molecule has 1 amide bonds. The lowest BCUT2D eigenvalue weighted by atomic mass is 10.0. The van der Waals surface area contributed by atoms with Crippen LogP contribution in [0.2, 0.25) is 0 Å². The fourth-order valence-electron chi connectivity index (χ4n) is 4.67. The molecule has 0 bridgehead atoms. The fourth-order valence-corrected chi connectivity index (χ4v) is 5.50. The summed E-state index contributed by atoms with van der Waals surface area (Å²) < 4.78 is 16.1. The van der Waals surface area contributed by atoms with Gasteiger partial charge in [0.15, 0.2) is 0 Å². The van der Waals surface area contributed by atoms with Gasteiger partial charge in [-0.05, 0) is 62.0 Å². The van der Waals surface area contributed by atoms with Gasteiger partial charge < -0.3 is 19.3 Å². The number of pyridine rings is 1. The molecule has 2 atom stereocenters. The van der Waals surface area contributed by atoms with Crippen molar-refractivity contribution in [1.29, 1.82) is 0 Å². The zero-order chi connectivity index (χ0) is 22.2. The molecule has 0 spiro atoms. The third-order valence-corrected chi connectivity index (χ3v) is 7.08. The molecule has 32 heavy (non-hydrogen) atoms. The SMILES string of the molecule is COc1cc(-c2cnc3c(N4C[C@@H](C)O[C@@H](C)C4)snc3c2)ccc1C(=O)N1CCCC1. The average molecular weight is 453 g/mol. The Labute approximate surface area is 192 Å². The van der Waals surface area contributed by atoms with E-state index in [9.17, 15) is 4.79 Å². The van der Waals surface area contributed by atoms with Crippen LogP contribution >= 0.6 is 11.5 Å². The molecule has 2 aromatic heterocycles. The molecule has 3 aromatic rings. The Morgan fingerprint density at radius 3 is 2.59 bits per heavy atom. The van der Waals surface area contributed by atoms with Gasteiger partial charge in [0.1, 0.15) is 21.8 Å². The Morgan fingerprint density at radius 1 is 1.12 bits per heavy atom. The molecular weight excluding hydrogens is 424 g/mol. The molecule has 1 aromatic carbocycles. The number of amides is 1. The van der Waals surface area contributed by atoms with E-state index in [0.29, 0.717) is 11.3 Å². The van der Waals surface area contributed by atoms with Crippen molar-refractivity contribution in [2.45, 2.75) is 38.9 Å². The largest absolute Gasteiger partial charge is 0.496 e. The highest BCUT2D eigenvalue weighted by Gasteiger charge is 2.26. The van der Waals surface area contributed by atoms with Crippen LogP contribution in [-0.2, 0) is 4.74 Å². The van der Waals surface area contributed by atoms with Gasteiger partial charge in [-0.1, -0.05) is 6.07 Å². The number of anilines is 1. The van der Waals surface area contributed by atoms with Crippen LogP contribution in [0.3, 0.4) is 0 Å². The molecule has 168 valence electrons. The van der Waals surface area contributed by atoms with E-state index in [1.165, 1.54) is 11.5 Å². The van der Waals surface area contributed by atoms with Gasteiger partial charge in [-0.2, -0.15) is 4.37 Å². The van der Waals surface area contributed by atoms with E-state index in [-0.39, 0.29) is 18.1 Å². The second-order valence-corrected chi connectivity index (χ2v) is 9.41. The van der Waals surface area contributed by atoms with Crippen LogP contribution in [0.15, 0.2) is 30.5 Å². The van der Waals surface area contributed by atoms with E-state index in [1.54, 1.807) is 7.11 Å². The number of carbonyl (C=O) groups is 1. The summed E-state index contributed by atoms with van der Waals surface area (Å²) in [7, 11) is 1.61. The molecule has 4 heterocycles. The van der Waals surface area contributed by atoms with E-state index in [1.807, 2.05) is 29.3 Å². The Bertz CT molecular complexity index is 1130. The second-order valence-electron chi connectivity index (χ2n) is 8.66. The van der Waals surface area contributed by atoms with Crippen LogP contribution in [0.1, 0.15) is 37.0 Å². The maximum Gasteiger partial charge on any atom is 0.257 e. The second kappa shape index (κ2) is 8.67. The molecule has 2 saturated heterocycles. The quantitative estimate of drug-likeness (QED) is 0.591. The zero-order valence-corrected chi connectivity index (χ0v) is 19.5. The van der Waals surface area contributed by atoms with Crippen molar-refractivity contribution in [1.82, 2.24) is 14.3 Å². The number of methoxy groups -OCH3 is 1. The summed E-state index contributed by atoms with van der Waals surface area (Å²) in [6.07, 6.45) is 4.38. The third kappa shape index (κ3) is 3.93. The highest BCUT2D eigenvalue weighted by molar-refractivity contribution is 7.11. The number of carbonyl (C=O) groups excluding carboxylic acids is 1. The Hall–Kier alpha value is -2.71. The van der Waals surface area contributed by atoms with Gasteiger partial charge in [-0.25, -0.2) is 0 Å². The standard InChI is InChI=1S/C24H28N4O3S/c1-15-13-28(14-16(2)31-15)24-22-20(26-32-24)10-18(12-25-22)17-6-7-19(21(11-17)30-3)23(29)27-8-4-5-9-27/h6-7,10-12,15-16H,4-5,8-9,13-14H2,1-3H3/t15-,16+. The lowest BCUT2D eigenvalue weighted by molar-refractivity contribution is -0.00494. The van der Waals surface area contributed by atoms with E-state index < -0.39 is 0 Å². The van der Waals surface area contributed by atoms with Crippen molar-refractivity contribution >= 4 is 33.5 Å². The molecular formula is C24H28N4O3S. The monoisotopic (exact) mass is 452 g/mol. The molecule has 0 unspecified atom stereocenters. The van der Waals surface area contributed by atoms with Crippen LogP contribution < -0.4 is 9.64 Å². The van der Waals surface area contributed by atoms with Gasteiger partial charge >= 0.3 is 0 Å². The summed E-state index contributed by atoms with van der Waals surface area (Å²) >= 11 is 1.49. The van der Waals surface area contributed by atoms with Crippen LogP contribution in [-0.4, -0.2) is 65.7 Å². The summed E-state index contributed by atoms with van der Waals surface area (Å²) in [6.45, 7) is 7.52. The molecule has 2 aliphatic heterocycles. The highest BCUT2D eigenvalue weighted by Crippen LogP contribution is 2.35. The summed E-state index contributed by atoms with van der Waals surface area (Å²) in [6, 6.07) is 7.81. The minimum atomic E-state index is 0.0394. The first-order valence-electron chi connectivity index (χ1n) is 11.2. The van der Waals surface area contributed by atoms with Gasteiger partial charge in [0.2, 0.25) is 0 Å². The van der Waals surface area contributed by atoms with Gasteiger partial charge in [0.05, 0.1) is 24.9 Å². The predicted octanol–water partition coefficient (Wildman–Crippen LogP) is 4.22. The van der Waals surface area contributed by atoms with E-state index in [4.69, 9.17) is 14.5 Å². The Kier molecular flexibility index (Phi) is 5.73. The van der Waals surface area contributed by atoms with Crippen molar-refractivity contribution < 1.29 is 14.3 Å². The van der Waals surface area contributed by atoms with E-state index in [0.717, 1.165) is 66.2 Å². The lowest BCUT2D eigenvalue weighted by Crippen LogP contribution is -2.45. The van der Waals surface area contributed by atoms with Gasteiger partial charge in [0.25, 0.3) is 5.91 Å². The van der Waals surface area contributed by atoms with E-state index in [2.05, 4.69) is 29.2 Å². The summed E-state index contributed by atoms with van der Waals surface area (Å²) in [5.41, 5.74) is 4.32. The number of rotatable bonds is 4. The molecule has 0 aliphatic carbocycles. The number of hydrogen-bond donors (Lipinski definition) is 0. The maximum atomic E-state index is 12.9. The topological polar surface area (TPSA) is 67.8 Å². The van der Waals surface area contributed by atoms with Crippen LogP contribution in [0.25, 0.3) is 22.2 Å². The zero-order valence-electron chi connectivity index (χ0n) is 18.7. The number of nitrogens with zero attached hydrogens (tertiary/aromatic N) is 4. The van der Waals surface area contributed by atoms with Crippen LogP contribution in [0.5, 0.6) is 5.75 Å². The molecule has 5 rings (SSSR count). The summed E-state index contributed by atoms with van der Waals surface area (Å²) in [5.74, 6) is 0.632. The van der Waals surface area contributed by atoms with Crippen molar-refractivity contribution in [3.63, 3.8) is 0 Å². The summed E-state index contributed by atoms with van der Waals surface area (Å²) in [4.78, 5) is 21.9. The number of fused-ring (bicyclic) bond motifs is 1. The minimum Gasteiger partial charge on any atom is -0.496 e. The number of benzene rings is 1. The van der Waals surface area contributed by atoms with Crippen LogP contribution in [0.4, 0.5) is 5.00 Å². The molecule has 0 radical (unpaired) electrons. The average Bonchev–Trinajstić information content (AvgIpc) is 3.47. The van der Waals surface area contributed by atoms with Gasteiger partial charge in [-0.15, -0.1) is 0 Å². The maximum absolute atomic E-state index is 12.9. The predicted molar refractivity (Wildman–Crippen MR) is 127 cm³/mol. The van der Waals surface area contributed by atoms with Crippen molar-refractivity contribution in [2.75, 3.05) is 38.2 Å². The summed E-state index contributed by atoms with van der Waals surface area (Å²) in [5, 5.41) is 1.10. The van der Waals surface area contributed by atoms with Crippen molar-refractivity contribution in [3.8, 4) is 16.9 Å². The first kappa shape index (κ1) is 21.2. The number of morpholine rings is 1.